The molecule has 24 heavy (non-hydrogen) atoms. The van der Waals surface area contributed by atoms with Crippen molar-refractivity contribution in [3.8, 4) is 0 Å². The molecule has 1 aliphatic heterocycles. The van der Waals surface area contributed by atoms with E-state index in [2.05, 4.69) is 51.7 Å². The van der Waals surface area contributed by atoms with Crippen molar-refractivity contribution in [2.75, 3.05) is 33.4 Å². The summed E-state index contributed by atoms with van der Waals surface area (Å²) in [6, 6.07) is 9.40. The predicted molar refractivity (Wildman–Crippen MR) is 109 cm³/mol. The van der Waals surface area contributed by atoms with Gasteiger partial charge in [0.1, 0.15) is 0 Å². The van der Waals surface area contributed by atoms with E-state index in [4.69, 9.17) is 4.74 Å². The number of halogens is 1. The van der Waals surface area contributed by atoms with Crippen molar-refractivity contribution in [2.24, 2.45) is 10.9 Å². The molecule has 0 radical (unpaired) electrons. The Balaban J connectivity index is 0.00000208. The Kier molecular flexibility index (Phi) is 7.77. The van der Waals surface area contributed by atoms with Gasteiger partial charge >= 0.3 is 0 Å². The highest BCUT2D eigenvalue weighted by molar-refractivity contribution is 14.0. The number of guanidine groups is 1. The van der Waals surface area contributed by atoms with Crippen molar-refractivity contribution >= 4 is 29.9 Å². The van der Waals surface area contributed by atoms with Gasteiger partial charge in [0.15, 0.2) is 5.96 Å². The molecule has 0 bridgehead atoms. The topological polar surface area (TPSA) is 48.9 Å². The molecule has 1 heterocycles. The fourth-order valence-electron chi connectivity index (χ4n) is 2.93. The van der Waals surface area contributed by atoms with E-state index < -0.39 is 0 Å². The molecule has 1 aliphatic carbocycles. The maximum Gasteiger partial charge on any atom is 0.191 e. The van der Waals surface area contributed by atoms with E-state index in [1.54, 1.807) is 0 Å². The van der Waals surface area contributed by atoms with Crippen LogP contribution in [0.4, 0.5) is 0 Å². The summed E-state index contributed by atoms with van der Waals surface area (Å²) in [7, 11) is 1.83. The highest BCUT2D eigenvalue weighted by Gasteiger charge is 2.33. The summed E-state index contributed by atoms with van der Waals surface area (Å²) in [5.74, 6) is 1.67. The van der Waals surface area contributed by atoms with Crippen LogP contribution in [0.2, 0.25) is 0 Å². The first-order valence-corrected chi connectivity index (χ1v) is 8.59. The van der Waals surface area contributed by atoms with E-state index in [0.29, 0.717) is 6.04 Å². The maximum absolute atomic E-state index is 5.41. The first-order chi connectivity index (χ1) is 11.2. The third kappa shape index (κ3) is 5.89. The SMILES string of the molecule is CN=C(NCc1cccc(CN2CCOCC2)c1)NC1CC1C.I. The van der Waals surface area contributed by atoms with Gasteiger partial charge in [-0.3, -0.25) is 9.89 Å². The van der Waals surface area contributed by atoms with Crippen molar-refractivity contribution in [1.29, 1.82) is 0 Å². The normalized spacial score (nSPS) is 24.2. The lowest BCUT2D eigenvalue weighted by atomic mass is 10.1. The van der Waals surface area contributed by atoms with Gasteiger partial charge in [0, 0.05) is 39.3 Å². The predicted octanol–water partition coefficient (Wildman–Crippen LogP) is 2.21. The highest BCUT2D eigenvalue weighted by atomic mass is 127. The van der Waals surface area contributed by atoms with E-state index in [1.165, 1.54) is 17.5 Å². The summed E-state index contributed by atoms with van der Waals surface area (Å²) in [6.07, 6.45) is 1.25. The molecular formula is C18H29IN4O. The first kappa shape index (κ1) is 19.5. The smallest absolute Gasteiger partial charge is 0.191 e. The fourth-order valence-corrected chi connectivity index (χ4v) is 2.93. The van der Waals surface area contributed by atoms with Crippen molar-refractivity contribution in [3.05, 3.63) is 35.4 Å². The molecule has 1 aromatic carbocycles. The summed E-state index contributed by atoms with van der Waals surface area (Å²) in [5.41, 5.74) is 2.66. The Bertz CT molecular complexity index is 546. The van der Waals surface area contributed by atoms with Gasteiger partial charge in [0.25, 0.3) is 0 Å². The Morgan fingerprint density at radius 1 is 1.29 bits per heavy atom. The molecule has 0 amide bonds. The molecule has 1 aromatic rings. The van der Waals surface area contributed by atoms with Crippen molar-refractivity contribution in [3.63, 3.8) is 0 Å². The number of hydrogen-bond donors (Lipinski definition) is 2. The summed E-state index contributed by atoms with van der Waals surface area (Å²) >= 11 is 0. The van der Waals surface area contributed by atoms with Crippen LogP contribution in [-0.4, -0.2) is 50.3 Å². The molecule has 2 atom stereocenters. The van der Waals surface area contributed by atoms with E-state index >= 15 is 0 Å². The summed E-state index contributed by atoms with van der Waals surface area (Å²) in [4.78, 5) is 6.76. The molecule has 6 heteroatoms. The van der Waals surface area contributed by atoms with Crippen LogP contribution in [0.25, 0.3) is 0 Å². The van der Waals surface area contributed by atoms with Crippen LogP contribution in [0.15, 0.2) is 29.3 Å². The average Bonchev–Trinajstić information content (AvgIpc) is 3.27. The van der Waals surface area contributed by atoms with Gasteiger partial charge in [-0.2, -0.15) is 0 Å². The first-order valence-electron chi connectivity index (χ1n) is 8.59. The van der Waals surface area contributed by atoms with Gasteiger partial charge in [-0.15, -0.1) is 24.0 Å². The van der Waals surface area contributed by atoms with Crippen LogP contribution in [-0.2, 0) is 17.8 Å². The molecule has 1 saturated heterocycles. The molecule has 2 N–H and O–H groups in total. The fraction of sp³-hybridized carbons (Fsp3) is 0.611. The summed E-state index contributed by atoms with van der Waals surface area (Å²) < 4.78 is 5.41. The third-order valence-electron chi connectivity index (χ3n) is 4.62. The Labute approximate surface area is 162 Å². The van der Waals surface area contributed by atoms with Gasteiger partial charge < -0.3 is 15.4 Å². The van der Waals surface area contributed by atoms with Crippen molar-refractivity contribution in [2.45, 2.75) is 32.5 Å². The van der Waals surface area contributed by atoms with Gasteiger partial charge in [-0.05, 0) is 23.5 Å². The van der Waals surface area contributed by atoms with Gasteiger partial charge in [-0.25, -0.2) is 0 Å². The number of ether oxygens (including phenoxy) is 1. The Morgan fingerprint density at radius 3 is 2.67 bits per heavy atom. The lowest BCUT2D eigenvalue weighted by Crippen LogP contribution is -2.38. The number of hydrogen-bond acceptors (Lipinski definition) is 3. The zero-order chi connectivity index (χ0) is 16.1. The number of aliphatic imine (C=N–C) groups is 1. The zero-order valence-corrected chi connectivity index (χ0v) is 17.0. The number of morpholine rings is 1. The molecule has 2 aliphatic rings. The van der Waals surface area contributed by atoms with Gasteiger partial charge in [0.05, 0.1) is 13.2 Å². The van der Waals surface area contributed by atoms with E-state index in [0.717, 1.165) is 51.3 Å². The zero-order valence-electron chi connectivity index (χ0n) is 14.6. The second-order valence-corrected chi connectivity index (χ2v) is 6.60. The Hall–Kier alpha value is -0.860. The Morgan fingerprint density at radius 2 is 2.00 bits per heavy atom. The molecule has 134 valence electrons. The molecule has 1 saturated carbocycles. The van der Waals surface area contributed by atoms with Crippen molar-refractivity contribution < 1.29 is 4.74 Å². The molecule has 0 aromatic heterocycles. The minimum atomic E-state index is 0. The largest absolute Gasteiger partial charge is 0.379 e. The molecule has 5 nitrogen and oxygen atoms in total. The van der Waals surface area contributed by atoms with Gasteiger partial charge in [0.2, 0.25) is 0 Å². The second kappa shape index (κ2) is 9.58. The van der Waals surface area contributed by atoms with E-state index in [1.807, 2.05) is 7.05 Å². The molecule has 2 fully saturated rings. The van der Waals surface area contributed by atoms with Crippen LogP contribution < -0.4 is 10.6 Å². The van der Waals surface area contributed by atoms with Crippen molar-refractivity contribution in [1.82, 2.24) is 15.5 Å². The van der Waals surface area contributed by atoms with Crippen LogP contribution in [0.1, 0.15) is 24.5 Å². The van der Waals surface area contributed by atoms with Crippen LogP contribution in [0, 0.1) is 5.92 Å². The minimum Gasteiger partial charge on any atom is -0.379 e. The van der Waals surface area contributed by atoms with Gasteiger partial charge in [-0.1, -0.05) is 31.2 Å². The minimum absolute atomic E-state index is 0. The van der Waals surface area contributed by atoms with E-state index in [9.17, 15) is 0 Å². The highest BCUT2D eigenvalue weighted by Crippen LogP contribution is 2.28. The summed E-state index contributed by atoms with van der Waals surface area (Å²) in [5, 5.41) is 6.87. The molecule has 3 rings (SSSR count). The second-order valence-electron chi connectivity index (χ2n) is 6.60. The lowest BCUT2D eigenvalue weighted by Gasteiger charge is -2.26. The molecule has 0 spiro atoms. The summed E-state index contributed by atoms with van der Waals surface area (Å²) in [6.45, 7) is 7.82. The molecular weight excluding hydrogens is 415 g/mol. The number of nitrogens with zero attached hydrogens (tertiary/aromatic N) is 2. The lowest BCUT2D eigenvalue weighted by molar-refractivity contribution is 0.0342. The monoisotopic (exact) mass is 444 g/mol. The number of rotatable bonds is 5. The average molecular weight is 444 g/mol. The number of benzene rings is 1. The maximum atomic E-state index is 5.41. The standard InChI is InChI=1S/C18H28N4O.HI/c1-14-10-17(14)21-18(19-2)20-12-15-4-3-5-16(11-15)13-22-6-8-23-9-7-22;/h3-5,11,14,17H,6-10,12-13H2,1-2H3,(H2,19,20,21);1H. The van der Waals surface area contributed by atoms with Crippen LogP contribution >= 0.6 is 24.0 Å². The third-order valence-corrected chi connectivity index (χ3v) is 4.62. The van der Waals surface area contributed by atoms with E-state index in [-0.39, 0.29) is 24.0 Å². The molecule has 2 unspecified atom stereocenters. The number of nitrogens with one attached hydrogen (secondary N) is 2. The van der Waals surface area contributed by atoms with Crippen LogP contribution in [0.3, 0.4) is 0 Å². The van der Waals surface area contributed by atoms with Crippen LogP contribution in [0.5, 0.6) is 0 Å². The quantitative estimate of drug-likeness (QED) is 0.416.